The van der Waals surface area contributed by atoms with Gasteiger partial charge in [-0.3, -0.25) is 4.79 Å². The molecule has 5 rings (SSSR count). The van der Waals surface area contributed by atoms with Crippen molar-refractivity contribution in [2.24, 2.45) is 7.05 Å². The lowest BCUT2D eigenvalue weighted by Crippen LogP contribution is -2.41. The lowest BCUT2D eigenvalue weighted by Gasteiger charge is -2.31. The van der Waals surface area contributed by atoms with Gasteiger partial charge in [-0.05, 0) is 44.9 Å². The molecule has 2 aliphatic rings. The minimum absolute atomic E-state index is 0.0246. The van der Waals surface area contributed by atoms with E-state index in [0.29, 0.717) is 18.8 Å². The Hall–Kier alpha value is -3.55. The molecule has 178 valence electrons. The molecular weight excluding hydrogens is 432 g/mol. The smallest absolute Gasteiger partial charge is 0.350 e. The van der Waals surface area contributed by atoms with Gasteiger partial charge in [-0.2, -0.15) is 5.10 Å². The first-order valence-electron chi connectivity index (χ1n) is 11.8. The summed E-state index contributed by atoms with van der Waals surface area (Å²) in [6.45, 7) is 5.27. The minimum Gasteiger partial charge on any atom is -0.483 e. The molecule has 2 aliphatic heterocycles. The van der Waals surface area contributed by atoms with Crippen molar-refractivity contribution in [3.8, 4) is 17.2 Å². The summed E-state index contributed by atoms with van der Waals surface area (Å²) in [5.74, 6) is 2.17. The van der Waals surface area contributed by atoms with Crippen LogP contribution in [0.3, 0.4) is 0 Å². The number of rotatable bonds is 5. The maximum atomic E-state index is 12.9. The van der Waals surface area contributed by atoms with Gasteiger partial charge in [0.05, 0.1) is 5.69 Å². The summed E-state index contributed by atoms with van der Waals surface area (Å²) in [5.41, 5.74) is 1.49. The SMILES string of the molecule is Cn1nc(C2CCN(C(=O)COc3cccc4c3OC(C)(C)C4)CC2)n(-c2ccccc2)c1=O. The topological polar surface area (TPSA) is 78.6 Å². The molecule has 1 fully saturated rings. The van der Waals surface area contributed by atoms with Crippen molar-refractivity contribution in [3.63, 3.8) is 0 Å². The number of benzene rings is 2. The number of carbonyl (C=O) groups is 1. The Kier molecular flexibility index (Phi) is 5.67. The Morgan fingerprint density at radius 3 is 2.59 bits per heavy atom. The molecule has 34 heavy (non-hydrogen) atoms. The molecule has 1 saturated heterocycles. The molecule has 1 amide bonds. The van der Waals surface area contributed by atoms with E-state index in [4.69, 9.17) is 9.47 Å². The van der Waals surface area contributed by atoms with E-state index < -0.39 is 0 Å². The summed E-state index contributed by atoms with van der Waals surface area (Å²) in [7, 11) is 1.67. The number of para-hydroxylation sites is 2. The molecule has 8 heteroatoms. The number of aromatic nitrogens is 3. The van der Waals surface area contributed by atoms with Gasteiger partial charge < -0.3 is 14.4 Å². The van der Waals surface area contributed by atoms with Gasteiger partial charge in [0.15, 0.2) is 18.1 Å². The van der Waals surface area contributed by atoms with Gasteiger partial charge >= 0.3 is 5.69 Å². The highest BCUT2D eigenvalue weighted by Gasteiger charge is 2.33. The number of hydrogen-bond acceptors (Lipinski definition) is 5. The van der Waals surface area contributed by atoms with Gasteiger partial charge in [0.1, 0.15) is 11.4 Å². The molecular formula is C26H30N4O4. The minimum atomic E-state index is -0.264. The van der Waals surface area contributed by atoms with Crippen molar-refractivity contribution in [2.45, 2.75) is 44.6 Å². The second-order valence-corrected chi connectivity index (χ2v) is 9.66. The zero-order valence-electron chi connectivity index (χ0n) is 19.9. The fourth-order valence-electron chi connectivity index (χ4n) is 4.89. The number of fused-ring (bicyclic) bond motifs is 1. The van der Waals surface area contributed by atoms with E-state index in [0.717, 1.165) is 42.1 Å². The molecule has 1 aromatic heterocycles. The molecule has 0 N–H and O–H groups in total. The van der Waals surface area contributed by atoms with E-state index in [2.05, 4.69) is 5.10 Å². The monoisotopic (exact) mass is 462 g/mol. The third-order valence-corrected chi connectivity index (χ3v) is 6.58. The van der Waals surface area contributed by atoms with Crippen molar-refractivity contribution < 1.29 is 14.3 Å². The van der Waals surface area contributed by atoms with Crippen molar-refractivity contribution in [3.05, 3.63) is 70.4 Å². The number of hydrogen-bond donors (Lipinski definition) is 0. The zero-order valence-corrected chi connectivity index (χ0v) is 19.9. The third kappa shape index (κ3) is 4.20. The molecule has 0 unspecified atom stereocenters. The fourth-order valence-corrected chi connectivity index (χ4v) is 4.89. The van der Waals surface area contributed by atoms with Gasteiger partial charge in [-0.15, -0.1) is 0 Å². The summed E-state index contributed by atoms with van der Waals surface area (Å²) >= 11 is 0. The summed E-state index contributed by atoms with van der Waals surface area (Å²) < 4.78 is 15.0. The molecule has 3 heterocycles. The van der Waals surface area contributed by atoms with E-state index in [9.17, 15) is 9.59 Å². The standard InChI is InChI=1S/C26H30N4O4/c1-26(2)16-19-8-7-11-21(23(19)34-26)33-17-22(31)29-14-12-18(13-15-29)24-27-28(3)25(32)30(24)20-9-5-4-6-10-20/h4-11,18H,12-17H2,1-3H3. The van der Waals surface area contributed by atoms with E-state index in [1.807, 2.05) is 67.3 Å². The predicted molar refractivity (Wildman–Crippen MR) is 128 cm³/mol. The van der Waals surface area contributed by atoms with Crippen LogP contribution in [-0.4, -0.2) is 50.5 Å². The number of ether oxygens (including phenoxy) is 2. The first kappa shape index (κ1) is 22.3. The lowest BCUT2D eigenvalue weighted by molar-refractivity contribution is -0.134. The van der Waals surface area contributed by atoms with Crippen LogP contribution >= 0.6 is 0 Å². The number of nitrogens with zero attached hydrogens (tertiary/aromatic N) is 4. The Bertz CT molecular complexity index is 1250. The van der Waals surface area contributed by atoms with E-state index in [-0.39, 0.29) is 29.7 Å². The highest BCUT2D eigenvalue weighted by atomic mass is 16.5. The molecule has 0 radical (unpaired) electrons. The normalized spacial score (nSPS) is 17.3. The van der Waals surface area contributed by atoms with Crippen LogP contribution in [-0.2, 0) is 18.3 Å². The number of likely N-dealkylation sites (tertiary alicyclic amines) is 1. The van der Waals surface area contributed by atoms with Crippen LogP contribution in [0.5, 0.6) is 11.5 Å². The quantitative estimate of drug-likeness (QED) is 0.582. The largest absolute Gasteiger partial charge is 0.483 e. The van der Waals surface area contributed by atoms with E-state index in [1.54, 1.807) is 11.6 Å². The highest BCUT2D eigenvalue weighted by molar-refractivity contribution is 5.78. The van der Waals surface area contributed by atoms with Crippen molar-refractivity contribution in [1.82, 2.24) is 19.2 Å². The molecule has 2 aromatic carbocycles. The van der Waals surface area contributed by atoms with Crippen molar-refractivity contribution >= 4 is 5.91 Å². The predicted octanol–water partition coefficient (Wildman–Crippen LogP) is 3.07. The third-order valence-electron chi connectivity index (χ3n) is 6.58. The van der Waals surface area contributed by atoms with Crippen LogP contribution in [0.25, 0.3) is 5.69 Å². The van der Waals surface area contributed by atoms with Crippen LogP contribution in [0.1, 0.15) is 44.0 Å². The van der Waals surface area contributed by atoms with Gasteiger partial charge in [-0.25, -0.2) is 14.0 Å². The molecule has 0 saturated carbocycles. The number of piperidine rings is 1. The first-order valence-corrected chi connectivity index (χ1v) is 11.8. The Morgan fingerprint density at radius 2 is 1.85 bits per heavy atom. The average Bonchev–Trinajstić information content (AvgIpc) is 3.32. The van der Waals surface area contributed by atoms with Crippen LogP contribution in [0, 0.1) is 0 Å². The zero-order chi connectivity index (χ0) is 23.9. The maximum absolute atomic E-state index is 12.9. The van der Waals surface area contributed by atoms with Crippen LogP contribution in [0.15, 0.2) is 53.3 Å². The van der Waals surface area contributed by atoms with Crippen LogP contribution < -0.4 is 15.2 Å². The van der Waals surface area contributed by atoms with Gasteiger partial charge in [0.25, 0.3) is 5.91 Å². The molecule has 0 bridgehead atoms. The average molecular weight is 463 g/mol. The lowest BCUT2D eigenvalue weighted by atomic mass is 9.95. The second-order valence-electron chi connectivity index (χ2n) is 9.66. The van der Waals surface area contributed by atoms with Crippen molar-refractivity contribution in [2.75, 3.05) is 19.7 Å². The van der Waals surface area contributed by atoms with Gasteiger partial charge in [0, 0.05) is 38.0 Å². The number of carbonyl (C=O) groups excluding carboxylic acids is 1. The Morgan fingerprint density at radius 1 is 1.12 bits per heavy atom. The van der Waals surface area contributed by atoms with Crippen LogP contribution in [0.2, 0.25) is 0 Å². The van der Waals surface area contributed by atoms with E-state index >= 15 is 0 Å². The van der Waals surface area contributed by atoms with Gasteiger partial charge in [0.2, 0.25) is 0 Å². The molecule has 3 aromatic rings. The molecule has 0 atom stereocenters. The van der Waals surface area contributed by atoms with Crippen molar-refractivity contribution in [1.29, 1.82) is 0 Å². The van der Waals surface area contributed by atoms with Crippen LogP contribution in [0.4, 0.5) is 0 Å². The first-order chi connectivity index (χ1) is 16.3. The van der Waals surface area contributed by atoms with E-state index in [1.165, 1.54) is 4.68 Å². The molecule has 0 spiro atoms. The fraction of sp³-hybridized carbons (Fsp3) is 0.423. The van der Waals surface area contributed by atoms with Gasteiger partial charge in [-0.1, -0.05) is 30.3 Å². The summed E-state index contributed by atoms with van der Waals surface area (Å²) in [6.07, 6.45) is 2.31. The highest BCUT2D eigenvalue weighted by Crippen LogP contribution is 2.41. The maximum Gasteiger partial charge on any atom is 0.350 e. The molecule has 0 aliphatic carbocycles. The number of amides is 1. The summed E-state index contributed by atoms with van der Waals surface area (Å²) in [5, 5.41) is 4.53. The molecule has 8 nitrogen and oxygen atoms in total. The Labute approximate surface area is 198 Å². The number of aryl methyl sites for hydroxylation is 1. The summed E-state index contributed by atoms with van der Waals surface area (Å²) in [4.78, 5) is 27.4. The second kappa shape index (κ2) is 8.66. The summed E-state index contributed by atoms with van der Waals surface area (Å²) in [6, 6.07) is 15.4. The Balaban J connectivity index is 1.23.